The number of aliphatic hydroxyl groups is 1. The van der Waals surface area contributed by atoms with E-state index in [4.69, 9.17) is 4.98 Å². The smallest absolute Gasteiger partial charge is 0.259 e. The summed E-state index contributed by atoms with van der Waals surface area (Å²) in [4.78, 5) is 24.8. The van der Waals surface area contributed by atoms with Crippen LogP contribution in [0.5, 0.6) is 0 Å². The van der Waals surface area contributed by atoms with Crippen LogP contribution in [-0.4, -0.2) is 38.7 Å². The van der Waals surface area contributed by atoms with Crippen LogP contribution in [0.15, 0.2) is 4.79 Å². The lowest BCUT2D eigenvalue weighted by molar-refractivity contribution is 0.0431. The van der Waals surface area contributed by atoms with E-state index in [0.29, 0.717) is 12.6 Å². The van der Waals surface area contributed by atoms with E-state index in [1.807, 2.05) is 0 Å². The monoisotopic (exact) mass is 333 g/mol. The molecule has 2 aromatic heterocycles. The van der Waals surface area contributed by atoms with Gasteiger partial charge in [-0.1, -0.05) is 6.42 Å². The molecule has 0 radical (unpaired) electrons. The van der Waals surface area contributed by atoms with Gasteiger partial charge in [0.1, 0.15) is 10.7 Å². The van der Waals surface area contributed by atoms with E-state index in [0.717, 1.165) is 54.6 Å². The van der Waals surface area contributed by atoms with Gasteiger partial charge < -0.3 is 10.1 Å². The molecule has 4 rings (SSSR count). The zero-order valence-corrected chi connectivity index (χ0v) is 14.3. The first-order chi connectivity index (χ1) is 11.2. The molecule has 2 aliphatic rings. The molecule has 0 amide bonds. The third-order valence-electron chi connectivity index (χ3n) is 5.36. The Balaban J connectivity index is 1.68. The number of piperidine rings is 1. The predicted octanol–water partition coefficient (Wildman–Crippen LogP) is 2.21. The van der Waals surface area contributed by atoms with Crippen molar-refractivity contribution in [3.8, 4) is 0 Å². The number of aromatic amines is 1. The summed E-state index contributed by atoms with van der Waals surface area (Å²) in [7, 11) is 0. The SMILES string of the molecule is CC1CCCC(CO)N1Cc1nc2sc3c(c2c(=O)[nH]1)CCC3. The molecule has 5 nitrogen and oxygen atoms in total. The lowest BCUT2D eigenvalue weighted by Crippen LogP contribution is -2.46. The van der Waals surface area contributed by atoms with Crippen LogP contribution < -0.4 is 5.56 Å². The van der Waals surface area contributed by atoms with Crippen LogP contribution in [0.2, 0.25) is 0 Å². The summed E-state index contributed by atoms with van der Waals surface area (Å²) < 4.78 is 0. The van der Waals surface area contributed by atoms with Crippen molar-refractivity contribution in [2.75, 3.05) is 6.61 Å². The van der Waals surface area contributed by atoms with Crippen LogP contribution in [-0.2, 0) is 19.4 Å². The number of likely N-dealkylation sites (tertiary alicyclic amines) is 1. The highest BCUT2D eigenvalue weighted by Gasteiger charge is 2.28. The van der Waals surface area contributed by atoms with Gasteiger partial charge in [-0.2, -0.15) is 0 Å². The quantitative estimate of drug-likeness (QED) is 0.903. The van der Waals surface area contributed by atoms with Crippen molar-refractivity contribution >= 4 is 21.6 Å². The van der Waals surface area contributed by atoms with Gasteiger partial charge in [0.25, 0.3) is 5.56 Å². The lowest BCUT2D eigenvalue weighted by Gasteiger charge is -2.39. The number of rotatable bonds is 3. The average Bonchev–Trinajstić information content (AvgIpc) is 3.09. The molecule has 1 saturated heterocycles. The van der Waals surface area contributed by atoms with E-state index in [2.05, 4.69) is 16.8 Å². The van der Waals surface area contributed by atoms with Crippen molar-refractivity contribution in [2.45, 2.75) is 64.1 Å². The highest BCUT2D eigenvalue weighted by Crippen LogP contribution is 2.34. The minimum absolute atomic E-state index is 0.00890. The molecule has 6 heteroatoms. The third kappa shape index (κ3) is 2.62. The fraction of sp³-hybridized carbons (Fsp3) is 0.647. The molecule has 3 heterocycles. The minimum atomic E-state index is 0.00890. The molecule has 1 aliphatic heterocycles. The van der Waals surface area contributed by atoms with Crippen molar-refractivity contribution in [3.05, 3.63) is 26.6 Å². The molecule has 1 aliphatic carbocycles. The van der Waals surface area contributed by atoms with Gasteiger partial charge in [0.15, 0.2) is 0 Å². The predicted molar refractivity (Wildman–Crippen MR) is 92.0 cm³/mol. The Morgan fingerprint density at radius 3 is 3.04 bits per heavy atom. The number of H-pyrrole nitrogens is 1. The highest BCUT2D eigenvalue weighted by atomic mass is 32.1. The lowest BCUT2D eigenvalue weighted by atomic mass is 9.97. The van der Waals surface area contributed by atoms with Crippen molar-refractivity contribution in [2.24, 2.45) is 0 Å². The summed E-state index contributed by atoms with van der Waals surface area (Å²) in [5.41, 5.74) is 1.24. The molecule has 0 bridgehead atoms. The number of hydrogen-bond donors (Lipinski definition) is 2. The molecule has 0 spiro atoms. The van der Waals surface area contributed by atoms with Crippen LogP contribution in [0.4, 0.5) is 0 Å². The van der Waals surface area contributed by atoms with E-state index in [1.165, 1.54) is 10.4 Å². The maximum atomic E-state index is 12.5. The number of aromatic nitrogens is 2. The Labute approximate surface area is 139 Å². The molecular formula is C17H23N3O2S. The zero-order valence-electron chi connectivity index (χ0n) is 13.5. The second-order valence-electron chi connectivity index (χ2n) is 6.84. The van der Waals surface area contributed by atoms with E-state index >= 15 is 0 Å². The van der Waals surface area contributed by atoms with Gasteiger partial charge in [-0.3, -0.25) is 9.69 Å². The molecule has 0 saturated carbocycles. The van der Waals surface area contributed by atoms with E-state index in [1.54, 1.807) is 11.3 Å². The standard InChI is InChI=1S/C17H23N3O2S/c1-10-4-2-5-11(9-21)20(10)8-14-18-16(22)15-12-6-3-7-13(12)23-17(15)19-14/h10-11,21H,2-9H2,1H3,(H,18,19,22). The second kappa shape index (κ2) is 6.00. The maximum Gasteiger partial charge on any atom is 0.259 e. The van der Waals surface area contributed by atoms with Gasteiger partial charge in [-0.25, -0.2) is 4.98 Å². The maximum absolute atomic E-state index is 12.5. The number of aliphatic hydroxyl groups excluding tert-OH is 1. The summed E-state index contributed by atoms with van der Waals surface area (Å²) in [5, 5.41) is 10.4. The molecule has 2 unspecified atom stereocenters. The summed E-state index contributed by atoms with van der Waals surface area (Å²) in [6.45, 7) is 2.97. The Morgan fingerprint density at radius 1 is 1.35 bits per heavy atom. The van der Waals surface area contributed by atoms with Crippen molar-refractivity contribution < 1.29 is 5.11 Å². The van der Waals surface area contributed by atoms with E-state index < -0.39 is 0 Å². The molecule has 2 aromatic rings. The number of aryl methyl sites for hydroxylation is 2. The third-order valence-corrected chi connectivity index (χ3v) is 6.55. The molecule has 0 aromatic carbocycles. The summed E-state index contributed by atoms with van der Waals surface area (Å²) in [6.07, 6.45) is 6.55. The van der Waals surface area contributed by atoms with Crippen LogP contribution >= 0.6 is 11.3 Å². The largest absolute Gasteiger partial charge is 0.395 e. The minimum Gasteiger partial charge on any atom is -0.395 e. The van der Waals surface area contributed by atoms with Gasteiger partial charge in [0.2, 0.25) is 0 Å². The molecule has 1 fully saturated rings. The number of hydrogen-bond acceptors (Lipinski definition) is 5. The highest BCUT2D eigenvalue weighted by molar-refractivity contribution is 7.18. The van der Waals surface area contributed by atoms with Gasteiger partial charge in [-0.15, -0.1) is 11.3 Å². The first kappa shape index (κ1) is 15.3. The van der Waals surface area contributed by atoms with Crippen LogP contribution in [0.25, 0.3) is 10.2 Å². The summed E-state index contributed by atoms with van der Waals surface area (Å²) in [6, 6.07) is 0.586. The number of thiophene rings is 1. The fourth-order valence-corrected chi connectivity index (χ4v) is 5.40. The van der Waals surface area contributed by atoms with Gasteiger partial charge in [0, 0.05) is 17.0 Å². The normalized spacial score (nSPS) is 25.1. The first-order valence-electron chi connectivity index (χ1n) is 8.57. The van der Waals surface area contributed by atoms with E-state index in [9.17, 15) is 9.90 Å². The number of nitrogens with one attached hydrogen (secondary N) is 1. The zero-order chi connectivity index (χ0) is 16.0. The molecular weight excluding hydrogens is 310 g/mol. The molecule has 23 heavy (non-hydrogen) atoms. The second-order valence-corrected chi connectivity index (χ2v) is 7.92. The van der Waals surface area contributed by atoms with E-state index in [-0.39, 0.29) is 18.2 Å². The van der Waals surface area contributed by atoms with Gasteiger partial charge in [0.05, 0.1) is 18.5 Å². The number of fused-ring (bicyclic) bond motifs is 3. The molecule has 2 N–H and O–H groups in total. The fourth-order valence-electron chi connectivity index (χ4n) is 4.12. The van der Waals surface area contributed by atoms with Crippen LogP contribution in [0.1, 0.15) is 48.9 Å². The molecule has 124 valence electrons. The number of nitrogens with zero attached hydrogens (tertiary/aromatic N) is 2. The Morgan fingerprint density at radius 2 is 2.22 bits per heavy atom. The van der Waals surface area contributed by atoms with Crippen LogP contribution in [0.3, 0.4) is 0 Å². The Bertz CT molecular complexity index is 782. The summed E-state index contributed by atoms with van der Waals surface area (Å²) >= 11 is 1.69. The van der Waals surface area contributed by atoms with Crippen molar-refractivity contribution in [1.29, 1.82) is 0 Å². The van der Waals surface area contributed by atoms with Gasteiger partial charge in [-0.05, 0) is 44.6 Å². The van der Waals surface area contributed by atoms with Crippen LogP contribution in [0, 0.1) is 0 Å². The molecule has 2 atom stereocenters. The Hall–Kier alpha value is -1.24. The summed E-state index contributed by atoms with van der Waals surface area (Å²) in [5.74, 6) is 0.731. The van der Waals surface area contributed by atoms with Crippen molar-refractivity contribution in [1.82, 2.24) is 14.9 Å². The average molecular weight is 333 g/mol. The topological polar surface area (TPSA) is 69.2 Å². The van der Waals surface area contributed by atoms with Gasteiger partial charge >= 0.3 is 0 Å². The Kier molecular flexibility index (Phi) is 3.99. The first-order valence-corrected chi connectivity index (χ1v) is 9.39. The van der Waals surface area contributed by atoms with Crippen molar-refractivity contribution in [3.63, 3.8) is 0 Å².